The summed E-state index contributed by atoms with van der Waals surface area (Å²) in [6, 6.07) is 5.74. The van der Waals surface area contributed by atoms with Crippen molar-refractivity contribution in [3.05, 3.63) is 52.2 Å². The molecule has 1 aliphatic rings. The van der Waals surface area contributed by atoms with E-state index in [-0.39, 0.29) is 23.1 Å². The van der Waals surface area contributed by atoms with Crippen molar-refractivity contribution in [2.75, 3.05) is 20.3 Å². The van der Waals surface area contributed by atoms with Crippen LogP contribution in [0.15, 0.2) is 35.4 Å². The average molecular weight is 315 g/mol. The zero-order valence-corrected chi connectivity index (χ0v) is 12.7. The van der Waals surface area contributed by atoms with Crippen molar-refractivity contribution in [1.82, 2.24) is 15.3 Å². The Morgan fingerprint density at radius 1 is 1.52 bits per heavy atom. The van der Waals surface area contributed by atoms with Crippen molar-refractivity contribution >= 4 is 5.91 Å². The maximum absolute atomic E-state index is 12.0. The number of ether oxygens (including phenoxy) is 2. The number of rotatable bonds is 4. The molecule has 2 N–H and O–H groups in total. The third kappa shape index (κ3) is 3.50. The van der Waals surface area contributed by atoms with E-state index in [1.54, 1.807) is 7.11 Å². The average Bonchev–Trinajstić information content (AvgIpc) is 2.59. The van der Waals surface area contributed by atoms with Gasteiger partial charge < -0.3 is 19.8 Å². The summed E-state index contributed by atoms with van der Waals surface area (Å²) in [5.74, 6) is 1.46. The van der Waals surface area contributed by atoms with E-state index in [1.165, 1.54) is 6.20 Å². The number of nitrogens with one attached hydrogen (secondary N) is 2. The first-order valence-corrected chi connectivity index (χ1v) is 7.28. The predicted molar refractivity (Wildman–Crippen MR) is 82.9 cm³/mol. The Bertz CT molecular complexity index is 752. The van der Waals surface area contributed by atoms with Gasteiger partial charge in [-0.1, -0.05) is 6.07 Å². The summed E-state index contributed by atoms with van der Waals surface area (Å²) in [4.78, 5) is 29.1. The molecule has 2 aromatic rings. The Morgan fingerprint density at radius 3 is 3.13 bits per heavy atom. The minimum absolute atomic E-state index is 0.183. The Kier molecular flexibility index (Phi) is 4.27. The van der Waals surface area contributed by atoms with Gasteiger partial charge in [-0.2, -0.15) is 0 Å². The quantitative estimate of drug-likeness (QED) is 0.869. The van der Waals surface area contributed by atoms with E-state index in [2.05, 4.69) is 15.3 Å². The molecule has 0 aliphatic carbocycles. The van der Waals surface area contributed by atoms with E-state index in [0.717, 1.165) is 29.7 Å². The molecular weight excluding hydrogens is 298 g/mol. The highest BCUT2D eigenvalue weighted by Gasteiger charge is 2.21. The standard InChI is InChI=1S/C16H17N3O4/c1-22-12-3-2-11-4-10(9-23-14(11)5-12)6-19-16(21)13-7-18-15(20)8-17-13/h2-3,5,7-8,10H,4,6,9H2,1H3,(H,18,20)(H,19,21)/t10-/m0/s1. The van der Waals surface area contributed by atoms with Gasteiger partial charge in [-0.05, 0) is 18.1 Å². The SMILES string of the molecule is COc1ccc2c(c1)OC[C@H](CNC(=O)c1c[nH]c(=O)cn1)C2. The third-order valence-electron chi connectivity index (χ3n) is 3.71. The van der Waals surface area contributed by atoms with Crippen molar-refractivity contribution in [1.29, 1.82) is 0 Å². The molecule has 1 aliphatic heterocycles. The normalized spacial score (nSPS) is 16.1. The van der Waals surface area contributed by atoms with Gasteiger partial charge >= 0.3 is 0 Å². The van der Waals surface area contributed by atoms with Crippen molar-refractivity contribution in [2.24, 2.45) is 5.92 Å². The first-order valence-electron chi connectivity index (χ1n) is 7.28. The fourth-order valence-electron chi connectivity index (χ4n) is 2.47. The van der Waals surface area contributed by atoms with Crippen LogP contribution in [-0.4, -0.2) is 36.1 Å². The van der Waals surface area contributed by atoms with E-state index < -0.39 is 0 Å². The number of H-pyrrole nitrogens is 1. The van der Waals surface area contributed by atoms with Crippen LogP contribution in [0, 0.1) is 5.92 Å². The fraction of sp³-hybridized carbons (Fsp3) is 0.312. The van der Waals surface area contributed by atoms with Crippen molar-refractivity contribution in [2.45, 2.75) is 6.42 Å². The monoisotopic (exact) mass is 315 g/mol. The molecule has 3 rings (SSSR count). The summed E-state index contributed by atoms with van der Waals surface area (Å²) in [5, 5.41) is 2.81. The van der Waals surface area contributed by atoms with Gasteiger partial charge in [0.05, 0.1) is 19.9 Å². The highest BCUT2D eigenvalue weighted by Crippen LogP contribution is 2.30. The molecule has 1 aromatic heterocycles. The molecule has 120 valence electrons. The second-order valence-electron chi connectivity index (χ2n) is 5.36. The summed E-state index contributed by atoms with van der Waals surface area (Å²) in [6.07, 6.45) is 3.21. The highest BCUT2D eigenvalue weighted by atomic mass is 16.5. The highest BCUT2D eigenvalue weighted by molar-refractivity contribution is 5.91. The Hall–Kier alpha value is -2.83. The lowest BCUT2D eigenvalue weighted by Gasteiger charge is -2.25. The molecule has 0 spiro atoms. The maximum atomic E-state index is 12.0. The van der Waals surface area contributed by atoms with Crippen LogP contribution in [0.2, 0.25) is 0 Å². The van der Waals surface area contributed by atoms with Gasteiger partial charge in [-0.3, -0.25) is 9.59 Å². The summed E-state index contributed by atoms with van der Waals surface area (Å²) >= 11 is 0. The van der Waals surface area contributed by atoms with E-state index in [0.29, 0.717) is 13.2 Å². The minimum atomic E-state index is -0.339. The summed E-state index contributed by atoms with van der Waals surface area (Å²) < 4.78 is 10.9. The molecule has 7 nitrogen and oxygen atoms in total. The summed E-state index contributed by atoms with van der Waals surface area (Å²) in [6.45, 7) is 1.00. The first kappa shape index (κ1) is 15.1. The van der Waals surface area contributed by atoms with E-state index in [9.17, 15) is 9.59 Å². The molecule has 0 fully saturated rings. The second-order valence-corrected chi connectivity index (χ2v) is 5.36. The van der Waals surface area contributed by atoms with Crippen LogP contribution in [0.4, 0.5) is 0 Å². The third-order valence-corrected chi connectivity index (χ3v) is 3.71. The number of aromatic nitrogens is 2. The molecule has 1 aromatic carbocycles. The molecule has 1 amide bonds. The summed E-state index contributed by atoms with van der Waals surface area (Å²) in [7, 11) is 1.62. The van der Waals surface area contributed by atoms with Crippen LogP contribution < -0.4 is 20.3 Å². The van der Waals surface area contributed by atoms with E-state index in [4.69, 9.17) is 9.47 Å². The number of hydrogen-bond donors (Lipinski definition) is 2. The molecule has 0 saturated heterocycles. The maximum Gasteiger partial charge on any atom is 0.271 e. The number of methoxy groups -OCH3 is 1. The number of aromatic amines is 1. The zero-order chi connectivity index (χ0) is 16.2. The summed E-state index contributed by atoms with van der Waals surface area (Å²) in [5.41, 5.74) is 0.944. The number of hydrogen-bond acceptors (Lipinski definition) is 5. The van der Waals surface area contributed by atoms with Gasteiger partial charge in [0.15, 0.2) is 0 Å². The predicted octanol–water partition coefficient (Wildman–Crippen LogP) is 0.760. The molecule has 1 atom stereocenters. The Balaban J connectivity index is 1.58. The lowest BCUT2D eigenvalue weighted by atomic mass is 9.96. The topological polar surface area (TPSA) is 93.3 Å². The van der Waals surface area contributed by atoms with E-state index >= 15 is 0 Å². The number of benzene rings is 1. The van der Waals surface area contributed by atoms with Gasteiger partial charge in [-0.15, -0.1) is 0 Å². The number of carbonyl (C=O) groups is 1. The van der Waals surface area contributed by atoms with Gasteiger partial charge in [0.2, 0.25) is 0 Å². The van der Waals surface area contributed by atoms with Gasteiger partial charge in [0.25, 0.3) is 11.5 Å². The van der Waals surface area contributed by atoms with Crippen LogP contribution in [-0.2, 0) is 6.42 Å². The fourth-order valence-corrected chi connectivity index (χ4v) is 2.47. The van der Waals surface area contributed by atoms with E-state index in [1.807, 2.05) is 18.2 Å². The molecule has 0 radical (unpaired) electrons. The molecule has 23 heavy (non-hydrogen) atoms. The number of amides is 1. The molecule has 0 bridgehead atoms. The lowest BCUT2D eigenvalue weighted by Crippen LogP contribution is -2.35. The van der Waals surface area contributed by atoms with Crippen LogP contribution in [0.25, 0.3) is 0 Å². The molecular formula is C16H17N3O4. The van der Waals surface area contributed by atoms with Gasteiger partial charge in [0, 0.05) is 24.7 Å². The van der Waals surface area contributed by atoms with Crippen molar-refractivity contribution in [3.8, 4) is 11.5 Å². The van der Waals surface area contributed by atoms with Crippen LogP contribution in [0.3, 0.4) is 0 Å². The smallest absolute Gasteiger partial charge is 0.271 e. The largest absolute Gasteiger partial charge is 0.497 e. The zero-order valence-electron chi connectivity index (χ0n) is 12.7. The minimum Gasteiger partial charge on any atom is -0.497 e. The Morgan fingerprint density at radius 2 is 2.39 bits per heavy atom. The van der Waals surface area contributed by atoms with Crippen LogP contribution >= 0.6 is 0 Å². The molecule has 0 saturated carbocycles. The van der Waals surface area contributed by atoms with Gasteiger partial charge in [0.1, 0.15) is 17.2 Å². The second kappa shape index (κ2) is 6.51. The molecule has 0 unspecified atom stereocenters. The Labute approximate surface area is 132 Å². The lowest BCUT2D eigenvalue weighted by molar-refractivity contribution is 0.0933. The number of fused-ring (bicyclic) bond motifs is 1. The molecule has 7 heteroatoms. The first-order chi connectivity index (χ1) is 11.2. The van der Waals surface area contributed by atoms with Gasteiger partial charge in [-0.25, -0.2) is 4.98 Å². The van der Waals surface area contributed by atoms with Crippen molar-refractivity contribution in [3.63, 3.8) is 0 Å². The van der Waals surface area contributed by atoms with Crippen LogP contribution in [0.1, 0.15) is 16.1 Å². The van der Waals surface area contributed by atoms with Crippen LogP contribution in [0.5, 0.6) is 11.5 Å². The molecule has 2 heterocycles. The van der Waals surface area contributed by atoms with Crippen molar-refractivity contribution < 1.29 is 14.3 Å². The number of carbonyl (C=O) groups excluding carboxylic acids is 1. The number of nitrogens with zero attached hydrogens (tertiary/aromatic N) is 1.